The van der Waals surface area contributed by atoms with Crippen LogP contribution >= 0.6 is 0 Å². The van der Waals surface area contributed by atoms with E-state index in [0.717, 1.165) is 5.56 Å². The predicted octanol–water partition coefficient (Wildman–Crippen LogP) is 1.79. The quantitative estimate of drug-likeness (QED) is 0.907. The lowest BCUT2D eigenvalue weighted by atomic mass is 9.95. The van der Waals surface area contributed by atoms with Gasteiger partial charge in [-0.25, -0.2) is 4.39 Å². The van der Waals surface area contributed by atoms with Gasteiger partial charge in [0.25, 0.3) is 0 Å². The summed E-state index contributed by atoms with van der Waals surface area (Å²) in [5.41, 5.74) is 1.19. The molecule has 2 fully saturated rings. The highest BCUT2D eigenvalue weighted by atomic mass is 19.1. The molecule has 2 heterocycles. The van der Waals surface area contributed by atoms with E-state index in [4.69, 9.17) is 0 Å². The largest absolute Gasteiger partial charge is 0.396 e. The van der Waals surface area contributed by atoms with Gasteiger partial charge in [0.15, 0.2) is 5.82 Å². The van der Waals surface area contributed by atoms with Crippen molar-refractivity contribution >= 4 is 5.69 Å². The highest BCUT2D eigenvalue weighted by Gasteiger charge is 2.71. The minimum atomic E-state index is -0.586. The van der Waals surface area contributed by atoms with E-state index in [0.29, 0.717) is 18.8 Å². The van der Waals surface area contributed by atoms with Crippen LogP contribution in [-0.2, 0) is 0 Å². The maximum Gasteiger partial charge on any atom is 0.164 e. The van der Waals surface area contributed by atoms with Crippen LogP contribution in [0.1, 0.15) is 11.5 Å². The molecule has 0 radical (unpaired) electrons. The maximum absolute atomic E-state index is 14.0. The molecule has 5 heteroatoms. The Morgan fingerprint density at radius 2 is 2.04 bits per heavy atom. The second-order valence-corrected chi connectivity index (χ2v) is 6.51. The first kappa shape index (κ1) is 14.6. The van der Waals surface area contributed by atoms with Crippen LogP contribution in [0.3, 0.4) is 0 Å². The van der Waals surface area contributed by atoms with E-state index >= 15 is 0 Å². The molecule has 2 N–H and O–H groups in total. The highest BCUT2D eigenvalue weighted by Crippen LogP contribution is 2.68. The average molecular weight is 314 g/mol. The number of nitrogens with zero attached hydrogens (tertiary/aromatic N) is 2. The van der Waals surface area contributed by atoms with Crippen molar-refractivity contribution in [1.29, 1.82) is 0 Å². The number of pyridine rings is 1. The summed E-state index contributed by atoms with van der Waals surface area (Å²) in [6, 6.07) is 11.6. The summed E-state index contributed by atoms with van der Waals surface area (Å²) in [5, 5.41) is 20.5. The van der Waals surface area contributed by atoms with Gasteiger partial charge in [0.05, 0.1) is 18.0 Å². The van der Waals surface area contributed by atoms with Crippen molar-refractivity contribution in [2.24, 2.45) is 11.3 Å². The Hall–Kier alpha value is -1.98. The summed E-state index contributed by atoms with van der Waals surface area (Å²) < 4.78 is 14.0. The van der Waals surface area contributed by atoms with Gasteiger partial charge in [-0.3, -0.25) is 4.98 Å². The number of halogens is 1. The molecule has 4 atom stereocenters. The van der Waals surface area contributed by atoms with E-state index in [1.54, 1.807) is 12.3 Å². The third kappa shape index (κ3) is 2.07. The Morgan fingerprint density at radius 3 is 2.74 bits per heavy atom. The maximum atomic E-state index is 14.0. The van der Waals surface area contributed by atoms with E-state index in [9.17, 15) is 14.6 Å². The number of aliphatic hydroxyl groups is 2. The first-order valence-corrected chi connectivity index (χ1v) is 7.87. The van der Waals surface area contributed by atoms with Gasteiger partial charge < -0.3 is 15.1 Å². The van der Waals surface area contributed by atoms with Gasteiger partial charge in [0, 0.05) is 31.3 Å². The van der Waals surface area contributed by atoms with Crippen LogP contribution in [0.2, 0.25) is 0 Å². The normalized spacial score (nSPS) is 32.5. The molecule has 2 aromatic rings. The standard InChI is InChI=1S/C18H19FN2O2/c19-14-8-20-7-6-15(14)21-9-16(23)18(11-21)13(10-22)17(18)12-4-2-1-3-5-12/h1-8,13,16-17,22-23H,9-11H2/t13-,16-,17-,18-/m1/s1. The Balaban J connectivity index is 1.66. The number of hydrogen-bond acceptors (Lipinski definition) is 4. The van der Waals surface area contributed by atoms with Crippen LogP contribution in [-0.4, -0.2) is 41.0 Å². The Labute approximate surface area is 134 Å². The molecule has 1 saturated heterocycles. The van der Waals surface area contributed by atoms with Gasteiger partial charge in [-0.1, -0.05) is 30.3 Å². The molecule has 0 bridgehead atoms. The van der Waals surface area contributed by atoms with Crippen LogP contribution in [0, 0.1) is 17.2 Å². The number of aliphatic hydroxyl groups excluding tert-OH is 2. The third-order valence-corrected chi connectivity index (χ3v) is 5.49. The number of rotatable bonds is 3. The molecule has 0 amide bonds. The molecule has 1 spiro atoms. The summed E-state index contributed by atoms with van der Waals surface area (Å²) in [7, 11) is 0. The molecule has 4 nitrogen and oxygen atoms in total. The second-order valence-electron chi connectivity index (χ2n) is 6.51. The van der Waals surface area contributed by atoms with Crippen molar-refractivity contribution in [3.05, 3.63) is 60.2 Å². The smallest absolute Gasteiger partial charge is 0.164 e. The number of β-amino-alcohol motifs (C(OH)–C–C–N with tert-alkyl or cyclic N) is 1. The molecule has 1 aliphatic carbocycles. The summed E-state index contributed by atoms with van der Waals surface area (Å²) in [4.78, 5) is 5.65. The minimum Gasteiger partial charge on any atom is -0.396 e. The fourth-order valence-electron chi connectivity index (χ4n) is 4.38. The minimum absolute atomic E-state index is 0.00907. The molecule has 1 aromatic carbocycles. The molecule has 1 saturated carbocycles. The first-order valence-electron chi connectivity index (χ1n) is 7.87. The molecule has 4 rings (SSSR count). The summed E-state index contributed by atoms with van der Waals surface area (Å²) in [6.07, 6.45) is 2.16. The van der Waals surface area contributed by atoms with Gasteiger partial charge in [-0.05, 0) is 23.5 Å². The van der Waals surface area contributed by atoms with E-state index in [1.165, 1.54) is 6.20 Å². The molecular formula is C18H19FN2O2. The third-order valence-electron chi connectivity index (χ3n) is 5.49. The SMILES string of the molecule is OC[C@@H]1[C@@H](c2ccccc2)[C@]12CN(c1ccncc1F)C[C@H]2O. The van der Waals surface area contributed by atoms with Crippen molar-refractivity contribution in [3.8, 4) is 0 Å². The Morgan fingerprint density at radius 1 is 1.26 bits per heavy atom. The predicted molar refractivity (Wildman–Crippen MR) is 84.6 cm³/mol. The van der Waals surface area contributed by atoms with Crippen molar-refractivity contribution < 1.29 is 14.6 Å². The van der Waals surface area contributed by atoms with Gasteiger partial charge >= 0.3 is 0 Å². The van der Waals surface area contributed by atoms with Crippen LogP contribution in [0.5, 0.6) is 0 Å². The monoisotopic (exact) mass is 314 g/mol. The zero-order chi connectivity index (χ0) is 16.0. The summed E-state index contributed by atoms with van der Waals surface area (Å²) in [6.45, 7) is 0.948. The topological polar surface area (TPSA) is 56.6 Å². The number of aromatic nitrogens is 1. The zero-order valence-electron chi connectivity index (χ0n) is 12.6. The van der Waals surface area contributed by atoms with Gasteiger partial charge in [-0.2, -0.15) is 0 Å². The lowest BCUT2D eigenvalue weighted by Gasteiger charge is -2.19. The molecule has 1 aromatic heterocycles. The molecule has 1 aliphatic heterocycles. The van der Waals surface area contributed by atoms with Gasteiger partial charge in [0.1, 0.15) is 0 Å². The number of hydrogen-bond donors (Lipinski definition) is 2. The van der Waals surface area contributed by atoms with Crippen molar-refractivity contribution in [3.63, 3.8) is 0 Å². The van der Waals surface area contributed by atoms with Crippen molar-refractivity contribution in [1.82, 2.24) is 4.98 Å². The lowest BCUT2D eigenvalue weighted by Crippen LogP contribution is -2.23. The second kappa shape index (κ2) is 5.28. The molecule has 120 valence electrons. The Bertz CT molecular complexity index is 711. The van der Waals surface area contributed by atoms with Crippen molar-refractivity contribution in [2.45, 2.75) is 12.0 Å². The van der Waals surface area contributed by atoms with Crippen LogP contribution in [0.15, 0.2) is 48.8 Å². The molecule has 2 aliphatic rings. The molecular weight excluding hydrogens is 295 g/mol. The first-order chi connectivity index (χ1) is 11.2. The molecule has 23 heavy (non-hydrogen) atoms. The van der Waals surface area contributed by atoms with E-state index in [2.05, 4.69) is 4.98 Å². The highest BCUT2D eigenvalue weighted by molar-refractivity contribution is 5.51. The number of benzene rings is 1. The van der Waals surface area contributed by atoms with Gasteiger partial charge in [-0.15, -0.1) is 0 Å². The van der Waals surface area contributed by atoms with E-state index in [-0.39, 0.29) is 24.3 Å². The number of anilines is 1. The van der Waals surface area contributed by atoms with Crippen molar-refractivity contribution in [2.75, 3.05) is 24.6 Å². The van der Waals surface area contributed by atoms with Gasteiger partial charge in [0.2, 0.25) is 0 Å². The van der Waals surface area contributed by atoms with E-state index in [1.807, 2.05) is 35.2 Å². The fourth-order valence-corrected chi connectivity index (χ4v) is 4.38. The van der Waals surface area contributed by atoms with E-state index < -0.39 is 11.5 Å². The fraction of sp³-hybridized carbons (Fsp3) is 0.389. The van der Waals surface area contributed by atoms with Crippen LogP contribution < -0.4 is 4.90 Å². The van der Waals surface area contributed by atoms with Crippen LogP contribution in [0.25, 0.3) is 0 Å². The average Bonchev–Trinajstić information content (AvgIpc) is 3.11. The van der Waals surface area contributed by atoms with Crippen LogP contribution in [0.4, 0.5) is 10.1 Å². The lowest BCUT2D eigenvalue weighted by molar-refractivity contribution is 0.113. The summed E-state index contributed by atoms with van der Waals surface area (Å²) >= 11 is 0. The zero-order valence-corrected chi connectivity index (χ0v) is 12.6. The Kier molecular flexibility index (Phi) is 3.36. The summed E-state index contributed by atoms with van der Waals surface area (Å²) in [5.74, 6) is -0.261. The molecule has 0 unspecified atom stereocenters.